The van der Waals surface area contributed by atoms with Gasteiger partial charge in [-0.2, -0.15) is 13.2 Å². The van der Waals surface area contributed by atoms with Crippen LogP contribution < -0.4 is 0 Å². The van der Waals surface area contributed by atoms with E-state index in [0.29, 0.717) is 0 Å². The van der Waals surface area contributed by atoms with E-state index >= 15 is 0 Å². The van der Waals surface area contributed by atoms with Gasteiger partial charge in [-0.05, 0) is 13.8 Å². The topological polar surface area (TPSA) is 39.4 Å². The number of hydrogen-bond donors (Lipinski definition) is 0. The number of carbonyl (C=O) groups is 1. The maximum atomic E-state index is 13.9. The van der Waals surface area contributed by atoms with Crippen LogP contribution in [0.15, 0.2) is 4.42 Å². The molecule has 0 aliphatic carbocycles. The Balaban J connectivity index is 2.91. The fourth-order valence-corrected chi connectivity index (χ4v) is 2.04. The summed E-state index contributed by atoms with van der Waals surface area (Å²) in [5.41, 5.74) is -4.26. The summed E-state index contributed by atoms with van der Waals surface area (Å²) in [7, 11) is 0. The summed E-state index contributed by atoms with van der Waals surface area (Å²) in [5.74, 6) is -8.13. The molecule has 9 heteroatoms. The highest BCUT2D eigenvalue weighted by molar-refractivity contribution is 6.05. The second-order valence-corrected chi connectivity index (χ2v) is 4.27. The molecule has 0 N–H and O–H groups in total. The van der Waals surface area contributed by atoms with Gasteiger partial charge in [-0.3, -0.25) is 0 Å². The van der Waals surface area contributed by atoms with Gasteiger partial charge in [0.25, 0.3) is 0 Å². The van der Waals surface area contributed by atoms with Crippen LogP contribution >= 0.6 is 0 Å². The molecule has 0 saturated heterocycles. The van der Waals surface area contributed by atoms with Crippen molar-refractivity contribution >= 4 is 16.9 Å². The Bertz CT molecular complexity index is 760. The molecule has 0 aliphatic heterocycles. The summed E-state index contributed by atoms with van der Waals surface area (Å²) in [4.78, 5) is 11.7. The van der Waals surface area contributed by atoms with Gasteiger partial charge in [0.05, 0.1) is 12.0 Å². The van der Waals surface area contributed by atoms with Crippen LogP contribution in [0.25, 0.3) is 11.0 Å². The molecule has 0 aliphatic rings. The molecule has 0 amide bonds. The first kappa shape index (κ1) is 16.2. The molecular weight excluding hydrogens is 318 g/mol. The van der Waals surface area contributed by atoms with Gasteiger partial charge in [0.15, 0.2) is 23.0 Å². The van der Waals surface area contributed by atoms with Crippen molar-refractivity contribution < 1.29 is 40.3 Å². The Morgan fingerprint density at radius 3 is 2.23 bits per heavy atom. The summed E-state index contributed by atoms with van der Waals surface area (Å²) in [6.07, 6.45) is -5.46. The molecule has 1 heterocycles. The van der Waals surface area contributed by atoms with Crippen molar-refractivity contribution in [1.82, 2.24) is 0 Å². The minimum absolute atomic E-state index is 0.127. The van der Waals surface area contributed by atoms with Crippen molar-refractivity contribution in [3.8, 4) is 0 Å². The van der Waals surface area contributed by atoms with Crippen LogP contribution in [0.4, 0.5) is 26.3 Å². The van der Waals surface area contributed by atoms with Crippen LogP contribution in [0.1, 0.15) is 28.6 Å². The number of furan rings is 1. The summed E-state index contributed by atoms with van der Waals surface area (Å²) in [6.45, 7) is 2.39. The van der Waals surface area contributed by atoms with Gasteiger partial charge in [0.2, 0.25) is 0 Å². The van der Waals surface area contributed by atoms with Crippen LogP contribution in [-0.4, -0.2) is 12.6 Å². The number of alkyl halides is 3. The largest absolute Gasteiger partial charge is 0.462 e. The lowest BCUT2D eigenvalue weighted by Crippen LogP contribution is -2.14. The predicted molar refractivity (Wildman–Crippen MR) is 61.8 cm³/mol. The third-order valence-corrected chi connectivity index (χ3v) is 2.90. The Morgan fingerprint density at radius 1 is 1.14 bits per heavy atom. The maximum Gasteiger partial charge on any atom is 0.422 e. The molecular formula is C13H8F6O3. The average Bonchev–Trinajstić information content (AvgIpc) is 2.73. The van der Waals surface area contributed by atoms with E-state index < -0.39 is 51.7 Å². The number of esters is 1. The zero-order chi connectivity index (χ0) is 16.8. The number of hydrogen-bond acceptors (Lipinski definition) is 3. The quantitative estimate of drug-likeness (QED) is 0.468. The smallest absolute Gasteiger partial charge is 0.422 e. The number of fused-ring (bicyclic) bond motifs is 1. The molecule has 0 radical (unpaired) electrons. The van der Waals surface area contributed by atoms with Crippen LogP contribution in [0.3, 0.4) is 0 Å². The molecule has 1 aromatic carbocycles. The lowest BCUT2D eigenvalue weighted by atomic mass is 10.1. The van der Waals surface area contributed by atoms with Gasteiger partial charge < -0.3 is 9.15 Å². The fourth-order valence-electron chi connectivity index (χ4n) is 2.04. The summed E-state index contributed by atoms with van der Waals surface area (Å²) in [5, 5.41) is -1.01. The van der Waals surface area contributed by atoms with E-state index in [9.17, 15) is 31.1 Å². The van der Waals surface area contributed by atoms with Crippen LogP contribution in [0.2, 0.25) is 0 Å². The SMILES string of the molecule is CCOC(=O)c1c(C)oc2c(F)c(C(F)(F)F)c(F)c(F)c12. The van der Waals surface area contributed by atoms with E-state index in [0.717, 1.165) is 6.92 Å². The molecule has 0 unspecified atom stereocenters. The van der Waals surface area contributed by atoms with Gasteiger partial charge in [-0.15, -0.1) is 0 Å². The standard InChI is InChI=1S/C13H8F6O3/c1-3-21-12(20)5-4(2)22-11-6(5)8(14)9(15)7(10(11)16)13(17,18)19/h3H2,1-2H3. The second-order valence-electron chi connectivity index (χ2n) is 4.27. The summed E-state index contributed by atoms with van der Waals surface area (Å²) < 4.78 is 88.5. The first-order valence-corrected chi connectivity index (χ1v) is 5.95. The number of aryl methyl sites for hydroxylation is 1. The maximum absolute atomic E-state index is 13.9. The first-order chi connectivity index (χ1) is 10.1. The Kier molecular flexibility index (Phi) is 3.84. The number of halogens is 6. The van der Waals surface area contributed by atoms with Crippen molar-refractivity contribution in [2.45, 2.75) is 20.0 Å². The van der Waals surface area contributed by atoms with Gasteiger partial charge in [-0.1, -0.05) is 0 Å². The number of carbonyl (C=O) groups excluding carboxylic acids is 1. The monoisotopic (exact) mass is 326 g/mol. The van der Waals surface area contributed by atoms with Crippen LogP contribution in [-0.2, 0) is 10.9 Å². The normalized spacial score (nSPS) is 12.0. The van der Waals surface area contributed by atoms with E-state index in [1.807, 2.05) is 0 Å². The first-order valence-electron chi connectivity index (χ1n) is 5.95. The van der Waals surface area contributed by atoms with Crippen molar-refractivity contribution in [1.29, 1.82) is 0 Å². The molecule has 0 spiro atoms. The van der Waals surface area contributed by atoms with Gasteiger partial charge in [-0.25, -0.2) is 18.0 Å². The van der Waals surface area contributed by atoms with Crippen LogP contribution in [0, 0.1) is 24.4 Å². The van der Waals surface area contributed by atoms with Crippen molar-refractivity contribution in [3.05, 3.63) is 34.3 Å². The molecule has 2 rings (SSSR count). The predicted octanol–water partition coefficient (Wildman–Crippen LogP) is 4.35. The zero-order valence-corrected chi connectivity index (χ0v) is 11.2. The molecule has 2 aromatic rings. The molecule has 1 aromatic heterocycles. The Hall–Kier alpha value is -2.19. The van der Waals surface area contributed by atoms with Crippen molar-refractivity contribution in [2.75, 3.05) is 6.61 Å². The minimum Gasteiger partial charge on any atom is -0.462 e. The van der Waals surface area contributed by atoms with Gasteiger partial charge in [0, 0.05) is 0 Å². The highest BCUT2D eigenvalue weighted by atomic mass is 19.4. The molecule has 120 valence electrons. The molecule has 3 nitrogen and oxygen atoms in total. The molecule has 0 fully saturated rings. The van der Waals surface area contributed by atoms with E-state index in [-0.39, 0.29) is 12.4 Å². The zero-order valence-electron chi connectivity index (χ0n) is 11.2. The fraction of sp³-hybridized carbons (Fsp3) is 0.308. The van der Waals surface area contributed by atoms with Gasteiger partial charge >= 0.3 is 12.1 Å². The van der Waals surface area contributed by atoms with E-state index in [4.69, 9.17) is 0 Å². The highest BCUT2D eigenvalue weighted by Crippen LogP contribution is 2.40. The third-order valence-electron chi connectivity index (χ3n) is 2.90. The second kappa shape index (κ2) is 5.22. The molecule has 22 heavy (non-hydrogen) atoms. The van der Waals surface area contributed by atoms with Gasteiger partial charge in [0.1, 0.15) is 16.9 Å². The number of rotatable bonds is 2. The van der Waals surface area contributed by atoms with E-state index in [1.165, 1.54) is 6.92 Å². The van der Waals surface area contributed by atoms with E-state index in [1.54, 1.807) is 0 Å². The highest BCUT2D eigenvalue weighted by Gasteiger charge is 2.42. The molecule has 0 atom stereocenters. The van der Waals surface area contributed by atoms with E-state index in [2.05, 4.69) is 9.15 Å². The minimum atomic E-state index is -5.46. The van der Waals surface area contributed by atoms with Crippen molar-refractivity contribution in [3.63, 3.8) is 0 Å². The molecule has 0 saturated carbocycles. The third kappa shape index (κ3) is 2.30. The average molecular weight is 326 g/mol. The van der Waals surface area contributed by atoms with Crippen LogP contribution in [0.5, 0.6) is 0 Å². The number of benzene rings is 1. The summed E-state index contributed by atoms with van der Waals surface area (Å²) >= 11 is 0. The number of ether oxygens (including phenoxy) is 1. The van der Waals surface area contributed by atoms with Crippen molar-refractivity contribution in [2.24, 2.45) is 0 Å². The Labute approximate surface area is 119 Å². The Morgan fingerprint density at radius 2 is 1.73 bits per heavy atom. The lowest BCUT2D eigenvalue weighted by molar-refractivity contribution is -0.142. The lowest BCUT2D eigenvalue weighted by Gasteiger charge is -2.10. The summed E-state index contributed by atoms with van der Waals surface area (Å²) in [6, 6.07) is 0. The molecule has 0 bridgehead atoms.